The number of esters is 1. The van der Waals surface area contributed by atoms with Crippen LogP contribution in [-0.2, 0) is 38.0 Å². The van der Waals surface area contributed by atoms with Gasteiger partial charge in [0.05, 0.1) is 38.6 Å². The van der Waals surface area contributed by atoms with Crippen LogP contribution >= 0.6 is 0 Å². The van der Waals surface area contributed by atoms with Crippen molar-refractivity contribution in [2.45, 2.75) is 211 Å². The molecule has 8 aliphatic rings. The first-order valence-corrected chi connectivity index (χ1v) is 24.8. The van der Waals surface area contributed by atoms with Crippen LogP contribution in [0.25, 0.3) is 0 Å². The number of carbonyl (C=O) groups excluding carboxylic acids is 1. The molecule has 5 aliphatic carbocycles. The van der Waals surface area contributed by atoms with Gasteiger partial charge < -0.3 is 89.3 Å². The summed E-state index contributed by atoms with van der Waals surface area (Å²) in [5.74, 6) is -0.770. The number of hydrogen-bond donors (Lipinski definition) is 11. The zero-order valence-corrected chi connectivity index (χ0v) is 40.8. The Balaban J connectivity index is 1.08. The molecular weight excluding hydrogens is 893 g/mol. The Bertz CT molecular complexity index is 1860. The molecule has 390 valence electrons. The van der Waals surface area contributed by atoms with Gasteiger partial charge in [0.25, 0.3) is 0 Å². The zero-order valence-electron chi connectivity index (χ0n) is 40.8. The Morgan fingerprint density at radius 3 is 1.94 bits per heavy atom. The molecule has 11 N–H and O–H groups in total. The fraction of sp³-hybridized carbons (Fsp3) is 0.939. The summed E-state index contributed by atoms with van der Waals surface area (Å²) in [4.78, 5) is 13.1. The number of aliphatic hydroxyl groups is 11. The van der Waals surface area contributed by atoms with Crippen molar-refractivity contribution in [1.82, 2.24) is 0 Å². The van der Waals surface area contributed by atoms with Gasteiger partial charge >= 0.3 is 5.97 Å². The molecule has 0 unspecified atom stereocenters. The molecule has 0 radical (unpaired) electrons. The van der Waals surface area contributed by atoms with Crippen LogP contribution in [0.1, 0.15) is 106 Å². The van der Waals surface area contributed by atoms with Crippen molar-refractivity contribution < 1.29 is 94.1 Å². The molecule has 3 aliphatic heterocycles. The highest BCUT2D eigenvalue weighted by Crippen LogP contribution is 2.76. The third-order valence-electron chi connectivity index (χ3n) is 20.0. The topological polar surface area (TPSA) is 304 Å². The third kappa shape index (κ3) is 8.08. The quantitative estimate of drug-likeness (QED) is 0.0765. The van der Waals surface area contributed by atoms with Crippen LogP contribution in [0.2, 0.25) is 0 Å². The minimum absolute atomic E-state index is 0.0180. The van der Waals surface area contributed by atoms with E-state index in [1.807, 2.05) is 6.92 Å². The molecule has 0 aromatic carbocycles. The Labute approximate surface area is 398 Å². The first-order chi connectivity index (χ1) is 31.8. The second-order valence-electron chi connectivity index (χ2n) is 23.6. The van der Waals surface area contributed by atoms with Crippen LogP contribution in [0.3, 0.4) is 0 Å². The van der Waals surface area contributed by atoms with E-state index < -0.39 is 122 Å². The Hall–Kier alpha value is -1.47. The van der Waals surface area contributed by atoms with Crippen LogP contribution in [0.4, 0.5) is 0 Å². The Morgan fingerprint density at radius 2 is 1.31 bits per heavy atom. The predicted octanol–water partition coefficient (Wildman–Crippen LogP) is -0.235. The summed E-state index contributed by atoms with van der Waals surface area (Å²) < 4.78 is 41.6. The lowest BCUT2D eigenvalue weighted by Gasteiger charge is -2.72. The van der Waals surface area contributed by atoms with Gasteiger partial charge in [-0.3, -0.25) is 0 Å². The molecule has 19 nitrogen and oxygen atoms in total. The zero-order chi connectivity index (χ0) is 49.8. The number of hydrogen-bond acceptors (Lipinski definition) is 19. The number of ether oxygens (including phenoxy) is 7. The van der Waals surface area contributed by atoms with E-state index in [0.29, 0.717) is 19.3 Å². The van der Waals surface area contributed by atoms with Gasteiger partial charge in [0, 0.05) is 17.4 Å². The number of rotatable bonds is 10. The molecule has 4 saturated carbocycles. The van der Waals surface area contributed by atoms with Crippen molar-refractivity contribution in [2.24, 2.45) is 50.2 Å². The SMILES string of the molecule is COC(=O)[C@H]1O[C@@H](O[C@H]2CC[C@@]3(C)[C@@H](CC[C@]4(C)[C@@H]3CC=C3[C@@H]5C[C@](C)(CO)C[C@@H](O)[C@]5(C)CC[C@]34C)[C@@]2(C)CO)[C@H](O[C@@H]2O[C@H](CO)[C@H](O)[C@H](O)[C@H]2O[C@@H]2O[C@@H](C)[C@H](O)[C@@H](O)[C@H]2O)[C@@H](O)[C@@H]1O. The fourth-order valence-corrected chi connectivity index (χ4v) is 15.2. The van der Waals surface area contributed by atoms with Crippen molar-refractivity contribution >= 4 is 5.97 Å². The molecule has 3 saturated heterocycles. The summed E-state index contributed by atoms with van der Waals surface area (Å²) in [5.41, 5.74) is -0.790. The average molecular weight is 973 g/mol. The van der Waals surface area contributed by atoms with Gasteiger partial charge in [-0.1, -0.05) is 53.2 Å². The highest BCUT2D eigenvalue weighted by molar-refractivity contribution is 5.75. The lowest BCUT2D eigenvalue weighted by atomic mass is 9.33. The van der Waals surface area contributed by atoms with E-state index in [1.165, 1.54) is 12.5 Å². The maximum Gasteiger partial charge on any atom is 0.337 e. The van der Waals surface area contributed by atoms with Gasteiger partial charge in [-0.05, 0) is 104 Å². The molecule has 26 atom stereocenters. The minimum atomic E-state index is -1.96. The standard InChI is InChI=1S/C49H80O19/c1-22-30(54)32(56)36(60)41(63-22)67-38-33(57)31(55)25(19-50)64-42(38)68-39-35(59)34(58)37(40(61)62-8)66-43(39)65-29-12-13-46(4)26(47(29,5)21-52)11-14-49(7)27(46)10-9-23-24-17-44(2,20-51)18-28(53)45(24,3)15-16-48(23,49)6/h9,22,24-39,41-43,50-60H,10-21H2,1-8H3/t22-,24-,25+,26+,27+,28+,29-,30-,31-,32+,33-,34-,35-,36+,37-,38+,39+,41-,42-,43+,44-,45+,46-,47+,48+,49+/m0/s1. The molecule has 68 heavy (non-hydrogen) atoms. The summed E-state index contributed by atoms with van der Waals surface area (Å²) in [6.07, 6.45) is -17.8. The van der Waals surface area contributed by atoms with Crippen LogP contribution in [-0.4, -0.2) is 193 Å². The molecule has 3 heterocycles. The average Bonchev–Trinajstić information content (AvgIpc) is 3.30. The van der Waals surface area contributed by atoms with Crippen LogP contribution in [0.15, 0.2) is 11.6 Å². The molecule has 19 heteroatoms. The normalized spacial score (nSPS) is 56.0. The Kier molecular flexibility index (Phi) is 14.6. The lowest BCUT2D eigenvalue weighted by Crippen LogP contribution is -2.68. The van der Waals surface area contributed by atoms with E-state index in [2.05, 4.69) is 40.7 Å². The lowest BCUT2D eigenvalue weighted by molar-refractivity contribution is -0.396. The summed E-state index contributed by atoms with van der Waals surface area (Å²) in [6, 6.07) is 0. The van der Waals surface area contributed by atoms with Crippen molar-refractivity contribution in [3.8, 4) is 0 Å². The van der Waals surface area contributed by atoms with Gasteiger partial charge in [0.15, 0.2) is 25.0 Å². The van der Waals surface area contributed by atoms with Crippen LogP contribution in [0.5, 0.6) is 0 Å². The molecule has 8 rings (SSSR count). The predicted molar refractivity (Wildman–Crippen MR) is 236 cm³/mol. The van der Waals surface area contributed by atoms with Crippen molar-refractivity contribution in [3.05, 3.63) is 11.6 Å². The van der Waals surface area contributed by atoms with Crippen LogP contribution < -0.4 is 0 Å². The second kappa shape index (κ2) is 18.8. The van der Waals surface area contributed by atoms with E-state index in [4.69, 9.17) is 33.2 Å². The van der Waals surface area contributed by atoms with Crippen molar-refractivity contribution in [2.75, 3.05) is 26.9 Å². The number of aliphatic hydroxyl groups excluding tert-OH is 11. The van der Waals surface area contributed by atoms with E-state index in [1.54, 1.807) is 0 Å². The smallest absolute Gasteiger partial charge is 0.337 e. The fourth-order valence-electron chi connectivity index (χ4n) is 15.2. The molecular formula is C49H80O19. The van der Waals surface area contributed by atoms with E-state index in [9.17, 15) is 61.0 Å². The molecule has 0 amide bonds. The highest BCUT2D eigenvalue weighted by atomic mass is 16.8. The minimum Gasteiger partial charge on any atom is -0.467 e. The number of fused-ring (bicyclic) bond motifs is 7. The van der Waals surface area contributed by atoms with Gasteiger partial charge in [0.1, 0.15) is 61.0 Å². The molecule has 7 fully saturated rings. The third-order valence-corrected chi connectivity index (χ3v) is 20.0. The maximum atomic E-state index is 13.1. The van der Waals surface area contributed by atoms with E-state index in [-0.39, 0.29) is 58.0 Å². The number of allylic oxidation sites excluding steroid dienone is 2. The van der Waals surface area contributed by atoms with E-state index in [0.717, 1.165) is 45.6 Å². The van der Waals surface area contributed by atoms with Gasteiger partial charge in [-0.25, -0.2) is 4.79 Å². The number of carbonyl (C=O) groups is 1. The summed E-state index contributed by atoms with van der Waals surface area (Å²) in [7, 11) is 1.09. The summed E-state index contributed by atoms with van der Waals surface area (Å²) in [6.45, 7) is 13.8. The summed E-state index contributed by atoms with van der Waals surface area (Å²) >= 11 is 0. The van der Waals surface area contributed by atoms with E-state index >= 15 is 0 Å². The van der Waals surface area contributed by atoms with Crippen molar-refractivity contribution in [1.29, 1.82) is 0 Å². The second-order valence-corrected chi connectivity index (χ2v) is 23.6. The monoisotopic (exact) mass is 973 g/mol. The maximum absolute atomic E-state index is 13.1. The van der Waals surface area contributed by atoms with Gasteiger partial charge in [-0.15, -0.1) is 0 Å². The first-order valence-electron chi connectivity index (χ1n) is 24.8. The van der Waals surface area contributed by atoms with Gasteiger partial charge in [0.2, 0.25) is 0 Å². The highest BCUT2D eigenvalue weighted by Gasteiger charge is 2.70. The van der Waals surface area contributed by atoms with Gasteiger partial charge in [-0.2, -0.15) is 0 Å². The van der Waals surface area contributed by atoms with Crippen LogP contribution in [0, 0.1) is 50.2 Å². The molecule has 0 spiro atoms. The molecule has 0 bridgehead atoms. The number of methoxy groups -OCH3 is 1. The van der Waals surface area contributed by atoms with Crippen molar-refractivity contribution in [3.63, 3.8) is 0 Å². The molecule has 0 aromatic rings. The summed E-state index contributed by atoms with van der Waals surface area (Å²) in [5, 5.41) is 121. The first kappa shape index (κ1) is 52.8. The molecule has 0 aromatic heterocycles. The Morgan fingerprint density at radius 1 is 0.662 bits per heavy atom. The largest absolute Gasteiger partial charge is 0.467 e.